The Morgan fingerprint density at radius 3 is 3.00 bits per heavy atom. The van der Waals surface area contributed by atoms with Crippen LogP contribution in [0.1, 0.15) is 0 Å². The number of hydroxylamine groups is 1. The predicted molar refractivity (Wildman–Crippen MR) is 63.4 cm³/mol. The van der Waals surface area contributed by atoms with Gasteiger partial charge in [0.15, 0.2) is 0 Å². The highest BCUT2D eigenvalue weighted by Crippen LogP contribution is 2.20. The number of hydrogen-bond acceptors (Lipinski definition) is 4. The Labute approximate surface area is 93.8 Å². The van der Waals surface area contributed by atoms with Gasteiger partial charge in [-0.05, 0) is 25.2 Å². The summed E-state index contributed by atoms with van der Waals surface area (Å²) in [4.78, 5) is 0. The molecule has 0 aliphatic carbocycles. The topological polar surface area (TPSA) is 53.3 Å². The SMILES string of the molecule is COCCn1ncc2cc(N(C)[O-])ccc21. The molecule has 2 rings (SSSR count). The second kappa shape index (κ2) is 4.51. The smallest absolute Gasteiger partial charge is 0.0684 e. The molecule has 0 aliphatic rings. The first kappa shape index (κ1) is 10.9. The van der Waals surface area contributed by atoms with Crippen molar-refractivity contribution in [1.82, 2.24) is 9.78 Å². The first-order valence-corrected chi connectivity index (χ1v) is 5.08. The average Bonchev–Trinajstić information content (AvgIpc) is 2.68. The number of nitrogens with zero attached hydrogens (tertiary/aromatic N) is 3. The lowest BCUT2D eigenvalue weighted by atomic mass is 10.2. The maximum atomic E-state index is 11.1. The van der Waals surface area contributed by atoms with Crippen molar-refractivity contribution < 1.29 is 4.74 Å². The van der Waals surface area contributed by atoms with Crippen molar-refractivity contribution in [3.8, 4) is 0 Å². The van der Waals surface area contributed by atoms with Gasteiger partial charge < -0.3 is 15.0 Å². The molecule has 86 valence electrons. The van der Waals surface area contributed by atoms with E-state index in [0.717, 1.165) is 16.0 Å². The Hall–Kier alpha value is -1.59. The van der Waals surface area contributed by atoms with Crippen LogP contribution in [0.4, 0.5) is 5.69 Å². The predicted octanol–water partition coefficient (Wildman–Crippen LogP) is 1.62. The second-order valence-corrected chi connectivity index (χ2v) is 3.60. The molecule has 0 saturated heterocycles. The van der Waals surface area contributed by atoms with Gasteiger partial charge >= 0.3 is 0 Å². The number of ether oxygens (including phenoxy) is 1. The van der Waals surface area contributed by atoms with E-state index in [0.29, 0.717) is 18.8 Å². The van der Waals surface area contributed by atoms with Gasteiger partial charge in [-0.15, -0.1) is 0 Å². The summed E-state index contributed by atoms with van der Waals surface area (Å²) in [6.45, 7) is 1.34. The Kier molecular flexibility index (Phi) is 3.07. The first-order valence-electron chi connectivity index (χ1n) is 5.08. The van der Waals surface area contributed by atoms with Crippen molar-refractivity contribution in [2.75, 3.05) is 25.8 Å². The fourth-order valence-electron chi connectivity index (χ4n) is 1.63. The Bertz CT molecular complexity index is 479. The summed E-state index contributed by atoms with van der Waals surface area (Å²) in [5, 5.41) is 17.2. The van der Waals surface area contributed by atoms with Crippen molar-refractivity contribution in [2.24, 2.45) is 0 Å². The molecule has 0 saturated carbocycles. The summed E-state index contributed by atoms with van der Waals surface area (Å²) < 4.78 is 6.88. The third kappa shape index (κ3) is 2.00. The molecule has 2 aromatic rings. The van der Waals surface area contributed by atoms with Crippen molar-refractivity contribution in [1.29, 1.82) is 0 Å². The Balaban J connectivity index is 2.35. The number of methoxy groups -OCH3 is 1. The van der Waals surface area contributed by atoms with E-state index in [1.165, 1.54) is 7.05 Å². The quantitative estimate of drug-likeness (QED) is 0.735. The van der Waals surface area contributed by atoms with Crippen LogP contribution in [-0.4, -0.2) is 30.5 Å². The number of fused-ring (bicyclic) bond motifs is 1. The lowest BCUT2D eigenvalue weighted by Crippen LogP contribution is -2.06. The first-order chi connectivity index (χ1) is 7.72. The normalized spacial score (nSPS) is 10.9. The number of anilines is 1. The lowest BCUT2D eigenvalue weighted by Gasteiger charge is -2.24. The van der Waals surface area contributed by atoms with E-state index >= 15 is 0 Å². The van der Waals surface area contributed by atoms with Crippen LogP contribution < -0.4 is 5.06 Å². The molecule has 0 N–H and O–H groups in total. The van der Waals surface area contributed by atoms with E-state index in [9.17, 15) is 5.21 Å². The molecule has 0 amide bonds. The molecule has 0 unspecified atom stereocenters. The minimum Gasteiger partial charge on any atom is -0.758 e. The van der Waals surface area contributed by atoms with Crippen LogP contribution in [0, 0.1) is 5.21 Å². The average molecular weight is 220 g/mol. The van der Waals surface area contributed by atoms with Crippen LogP contribution in [0.3, 0.4) is 0 Å². The van der Waals surface area contributed by atoms with Gasteiger partial charge in [0.05, 0.1) is 24.9 Å². The summed E-state index contributed by atoms with van der Waals surface area (Å²) in [7, 11) is 3.15. The Morgan fingerprint density at radius 1 is 1.50 bits per heavy atom. The van der Waals surface area contributed by atoms with Crippen molar-refractivity contribution >= 4 is 16.6 Å². The zero-order valence-electron chi connectivity index (χ0n) is 9.38. The van der Waals surface area contributed by atoms with E-state index in [4.69, 9.17) is 4.74 Å². The van der Waals surface area contributed by atoms with Crippen LogP contribution >= 0.6 is 0 Å². The molecule has 0 atom stereocenters. The largest absolute Gasteiger partial charge is 0.758 e. The molecular formula is C11H14N3O2-. The van der Waals surface area contributed by atoms with E-state index in [-0.39, 0.29) is 0 Å². The molecule has 0 aliphatic heterocycles. The van der Waals surface area contributed by atoms with Crippen LogP contribution in [0.15, 0.2) is 24.4 Å². The third-order valence-corrected chi connectivity index (χ3v) is 2.50. The zero-order valence-corrected chi connectivity index (χ0v) is 9.38. The van der Waals surface area contributed by atoms with Crippen LogP contribution in [-0.2, 0) is 11.3 Å². The zero-order chi connectivity index (χ0) is 11.5. The van der Waals surface area contributed by atoms with Gasteiger partial charge in [-0.2, -0.15) is 5.10 Å². The fourth-order valence-corrected chi connectivity index (χ4v) is 1.63. The standard InChI is InChI=1S/C11H14N3O2/c1-13(15)10-3-4-11-9(7-10)8-12-14(11)5-6-16-2/h3-4,7-8H,5-6H2,1-2H3/q-1. The van der Waals surface area contributed by atoms with Crippen LogP contribution in [0.5, 0.6) is 0 Å². The molecule has 0 spiro atoms. The summed E-state index contributed by atoms with van der Waals surface area (Å²) in [6, 6.07) is 5.53. The summed E-state index contributed by atoms with van der Waals surface area (Å²) in [5.74, 6) is 0. The molecular weight excluding hydrogens is 206 g/mol. The highest BCUT2D eigenvalue weighted by molar-refractivity contribution is 5.82. The molecule has 1 heterocycles. The maximum absolute atomic E-state index is 11.1. The molecule has 1 aromatic heterocycles. The number of aromatic nitrogens is 2. The molecule has 1 aromatic carbocycles. The molecule has 0 bridgehead atoms. The van der Waals surface area contributed by atoms with E-state index in [2.05, 4.69) is 5.10 Å². The van der Waals surface area contributed by atoms with Crippen molar-refractivity contribution in [2.45, 2.75) is 6.54 Å². The van der Waals surface area contributed by atoms with E-state index in [1.54, 1.807) is 19.4 Å². The maximum Gasteiger partial charge on any atom is 0.0684 e. The lowest BCUT2D eigenvalue weighted by molar-refractivity contribution is 0.185. The highest BCUT2D eigenvalue weighted by atomic mass is 16.5. The van der Waals surface area contributed by atoms with Gasteiger partial charge in [0.1, 0.15) is 0 Å². The minimum absolute atomic E-state index is 0.625. The van der Waals surface area contributed by atoms with E-state index < -0.39 is 0 Å². The van der Waals surface area contributed by atoms with Crippen LogP contribution in [0.2, 0.25) is 0 Å². The molecule has 0 fully saturated rings. The van der Waals surface area contributed by atoms with Gasteiger partial charge in [-0.1, -0.05) is 0 Å². The van der Waals surface area contributed by atoms with Crippen molar-refractivity contribution in [3.63, 3.8) is 0 Å². The molecule has 5 nitrogen and oxygen atoms in total. The van der Waals surface area contributed by atoms with Crippen LogP contribution in [0.25, 0.3) is 10.9 Å². The van der Waals surface area contributed by atoms with E-state index in [1.807, 2.05) is 16.8 Å². The van der Waals surface area contributed by atoms with Gasteiger partial charge in [0, 0.05) is 18.2 Å². The number of hydrogen-bond donors (Lipinski definition) is 0. The highest BCUT2D eigenvalue weighted by Gasteiger charge is 2.03. The summed E-state index contributed by atoms with van der Waals surface area (Å²) in [5.41, 5.74) is 1.65. The fraction of sp³-hybridized carbons (Fsp3) is 0.364. The number of rotatable bonds is 4. The van der Waals surface area contributed by atoms with Gasteiger partial charge in [-0.3, -0.25) is 4.68 Å². The molecule has 5 heteroatoms. The monoisotopic (exact) mass is 220 g/mol. The third-order valence-electron chi connectivity index (χ3n) is 2.50. The minimum atomic E-state index is 0.625. The second-order valence-electron chi connectivity index (χ2n) is 3.60. The van der Waals surface area contributed by atoms with Gasteiger partial charge in [0.2, 0.25) is 0 Å². The Morgan fingerprint density at radius 2 is 2.31 bits per heavy atom. The summed E-state index contributed by atoms with van der Waals surface area (Å²) in [6.07, 6.45) is 1.76. The molecule has 16 heavy (non-hydrogen) atoms. The van der Waals surface area contributed by atoms with Crippen molar-refractivity contribution in [3.05, 3.63) is 29.6 Å². The molecule has 0 radical (unpaired) electrons. The summed E-state index contributed by atoms with van der Waals surface area (Å²) >= 11 is 0. The number of benzene rings is 1. The van der Waals surface area contributed by atoms with Gasteiger partial charge in [0.25, 0.3) is 0 Å². The van der Waals surface area contributed by atoms with Gasteiger partial charge in [-0.25, -0.2) is 0 Å².